The summed E-state index contributed by atoms with van der Waals surface area (Å²) in [5, 5.41) is 2.97. The molecule has 2 rings (SSSR count). The molecular formula is C17H25N3O3. The van der Waals surface area contributed by atoms with Crippen molar-refractivity contribution in [1.29, 1.82) is 0 Å². The van der Waals surface area contributed by atoms with Crippen molar-refractivity contribution in [3.05, 3.63) is 29.8 Å². The van der Waals surface area contributed by atoms with Gasteiger partial charge in [0.15, 0.2) is 0 Å². The van der Waals surface area contributed by atoms with Gasteiger partial charge in [0.05, 0.1) is 13.2 Å². The first-order valence-electron chi connectivity index (χ1n) is 7.96. The first-order chi connectivity index (χ1) is 11.0. The number of benzene rings is 1. The summed E-state index contributed by atoms with van der Waals surface area (Å²) < 4.78 is 5.11. The molecule has 1 aliphatic heterocycles. The van der Waals surface area contributed by atoms with Crippen LogP contribution in [-0.2, 0) is 16.1 Å². The number of nitrogens with one attached hydrogen (secondary N) is 1. The zero-order chi connectivity index (χ0) is 16.8. The van der Waals surface area contributed by atoms with Crippen molar-refractivity contribution >= 4 is 11.8 Å². The van der Waals surface area contributed by atoms with E-state index in [0.29, 0.717) is 32.5 Å². The second-order valence-electron chi connectivity index (χ2n) is 5.95. The van der Waals surface area contributed by atoms with E-state index in [-0.39, 0.29) is 17.7 Å². The standard InChI is InChI=1S/C17H25N3O3/c1-12(18)17(22)20-9-7-14(8-10-20)16(21)19-11-13-3-5-15(23-2)6-4-13/h3-6,12,14H,7-11,18H2,1-2H3,(H,19,21)/t12-/m1/s1. The number of carbonyl (C=O) groups is 2. The van der Waals surface area contributed by atoms with Gasteiger partial charge in [-0.1, -0.05) is 12.1 Å². The van der Waals surface area contributed by atoms with Crippen LogP contribution in [0.15, 0.2) is 24.3 Å². The molecule has 0 aliphatic carbocycles. The molecule has 1 fully saturated rings. The lowest BCUT2D eigenvalue weighted by atomic mass is 9.95. The molecule has 6 nitrogen and oxygen atoms in total. The Kier molecular flexibility index (Phi) is 5.98. The molecule has 2 amide bonds. The highest BCUT2D eigenvalue weighted by atomic mass is 16.5. The van der Waals surface area contributed by atoms with Crippen LogP contribution in [0.1, 0.15) is 25.3 Å². The molecule has 23 heavy (non-hydrogen) atoms. The monoisotopic (exact) mass is 319 g/mol. The molecule has 126 valence electrons. The SMILES string of the molecule is COc1ccc(CNC(=O)C2CCN(C(=O)[C@@H](C)N)CC2)cc1. The summed E-state index contributed by atoms with van der Waals surface area (Å²) in [6, 6.07) is 7.14. The molecule has 6 heteroatoms. The third-order valence-corrected chi connectivity index (χ3v) is 4.19. The number of amides is 2. The van der Waals surface area contributed by atoms with Gasteiger partial charge in [-0.2, -0.15) is 0 Å². The lowest BCUT2D eigenvalue weighted by molar-refractivity contribution is -0.136. The average molecular weight is 319 g/mol. The highest BCUT2D eigenvalue weighted by Crippen LogP contribution is 2.18. The summed E-state index contributed by atoms with van der Waals surface area (Å²) in [6.45, 7) is 3.39. The topological polar surface area (TPSA) is 84.7 Å². The summed E-state index contributed by atoms with van der Waals surface area (Å²) in [5.74, 6) is 0.771. The Morgan fingerprint density at radius 2 is 1.91 bits per heavy atom. The maximum atomic E-state index is 12.2. The van der Waals surface area contributed by atoms with Crippen LogP contribution in [0, 0.1) is 5.92 Å². The predicted octanol–water partition coefficient (Wildman–Crippen LogP) is 0.897. The van der Waals surface area contributed by atoms with Crippen molar-refractivity contribution < 1.29 is 14.3 Å². The third-order valence-electron chi connectivity index (χ3n) is 4.19. The molecule has 1 saturated heterocycles. The highest BCUT2D eigenvalue weighted by molar-refractivity contribution is 5.82. The molecule has 1 atom stereocenters. The summed E-state index contributed by atoms with van der Waals surface area (Å²) in [7, 11) is 1.62. The number of likely N-dealkylation sites (tertiary alicyclic amines) is 1. The molecule has 1 aromatic carbocycles. The van der Waals surface area contributed by atoms with E-state index in [4.69, 9.17) is 10.5 Å². The fourth-order valence-corrected chi connectivity index (χ4v) is 2.73. The molecule has 1 aromatic rings. The third kappa shape index (κ3) is 4.69. The Bertz CT molecular complexity index is 535. The number of rotatable bonds is 5. The van der Waals surface area contributed by atoms with Crippen LogP contribution in [0.25, 0.3) is 0 Å². The van der Waals surface area contributed by atoms with E-state index in [1.54, 1.807) is 18.9 Å². The van der Waals surface area contributed by atoms with Crippen molar-refractivity contribution in [3.63, 3.8) is 0 Å². The largest absolute Gasteiger partial charge is 0.497 e. The molecule has 0 saturated carbocycles. The van der Waals surface area contributed by atoms with Crippen LogP contribution < -0.4 is 15.8 Å². The number of piperidine rings is 1. The maximum absolute atomic E-state index is 12.2. The summed E-state index contributed by atoms with van der Waals surface area (Å²) in [4.78, 5) is 25.8. The van der Waals surface area contributed by atoms with Crippen LogP contribution in [0.5, 0.6) is 5.75 Å². The van der Waals surface area contributed by atoms with Gasteiger partial charge in [0.1, 0.15) is 5.75 Å². The zero-order valence-electron chi connectivity index (χ0n) is 13.7. The minimum atomic E-state index is -0.476. The number of methoxy groups -OCH3 is 1. The van der Waals surface area contributed by atoms with Gasteiger partial charge >= 0.3 is 0 Å². The van der Waals surface area contributed by atoms with Crippen molar-refractivity contribution in [2.45, 2.75) is 32.4 Å². The van der Waals surface area contributed by atoms with E-state index >= 15 is 0 Å². The summed E-state index contributed by atoms with van der Waals surface area (Å²) in [6.07, 6.45) is 1.37. The maximum Gasteiger partial charge on any atom is 0.239 e. The van der Waals surface area contributed by atoms with Gasteiger partial charge in [-0.25, -0.2) is 0 Å². The van der Waals surface area contributed by atoms with Crippen molar-refractivity contribution in [1.82, 2.24) is 10.2 Å². The number of ether oxygens (including phenoxy) is 1. The van der Waals surface area contributed by atoms with Crippen molar-refractivity contribution in [3.8, 4) is 5.75 Å². The highest BCUT2D eigenvalue weighted by Gasteiger charge is 2.28. The number of nitrogens with zero attached hydrogens (tertiary/aromatic N) is 1. The van der Waals surface area contributed by atoms with Crippen molar-refractivity contribution in [2.24, 2.45) is 11.7 Å². The predicted molar refractivity (Wildman–Crippen MR) is 87.8 cm³/mol. The van der Waals surface area contributed by atoms with E-state index < -0.39 is 6.04 Å². The van der Waals surface area contributed by atoms with Crippen LogP contribution in [0.3, 0.4) is 0 Å². The Labute approximate surface area is 137 Å². The quantitative estimate of drug-likeness (QED) is 0.844. The Morgan fingerprint density at radius 3 is 2.43 bits per heavy atom. The second-order valence-corrected chi connectivity index (χ2v) is 5.95. The summed E-state index contributed by atoms with van der Waals surface area (Å²) in [5.41, 5.74) is 6.65. The lowest BCUT2D eigenvalue weighted by Gasteiger charge is -2.32. The van der Waals surface area contributed by atoms with Gasteiger partial charge < -0.3 is 20.7 Å². The first-order valence-corrected chi connectivity index (χ1v) is 7.96. The first kappa shape index (κ1) is 17.3. The lowest BCUT2D eigenvalue weighted by Crippen LogP contribution is -2.47. The van der Waals surface area contributed by atoms with Gasteiger partial charge in [-0.3, -0.25) is 9.59 Å². The number of hydrogen-bond donors (Lipinski definition) is 2. The average Bonchev–Trinajstić information content (AvgIpc) is 2.59. The Hall–Kier alpha value is -2.08. The molecule has 1 heterocycles. The van der Waals surface area contributed by atoms with Gasteiger partial charge in [0.2, 0.25) is 11.8 Å². The van der Waals surface area contributed by atoms with Crippen LogP contribution in [0.2, 0.25) is 0 Å². The number of carbonyl (C=O) groups excluding carboxylic acids is 2. The van der Waals surface area contributed by atoms with E-state index in [0.717, 1.165) is 11.3 Å². The van der Waals surface area contributed by atoms with E-state index in [1.807, 2.05) is 24.3 Å². The smallest absolute Gasteiger partial charge is 0.239 e. The second kappa shape index (κ2) is 7.97. The fourth-order valence-electron chi connectivity index (χ4n) is 2.73. The molecule has 1 aliphatic rings. The van der Waals surface area contributed by atoms with Gasteiger partial charge in [0.25, 0.3) is 0 Å². The molecule has 0 spiro atoms. The summed E-state index contributed by atoms with van der Waals surface area (Å²) >= 11 is 0. The zero-order valence-corrected chi connectivity index (χ0v) is 13.7. The van der Waals surface area contributed by atoms with Gasteiger partial charge in [0, 0.05) is 25.6 Å². The molecule has 0 aromatic heterocycles. The normalized spacial score (nSPS) is 16.7. The van der Waals surface area contributed by atoms with E-state index in [9.17, 15) is 9.59 Å². The van der Waals surface area contributed by atoms with E-state index in [1.165, 1.54) is 0 Å². The van der Waals surface area contributed by atoms with Gasteiger partial charge in [-0.15, -0.1) is 0 Å². The molecule has 0 unspecified atom stereocenters. The van der Waals surface area contributed by atoms with Crippen LogP contribution >= 0.6 is 0 Å². The van der Waals surface area contributed by atoms with E-state index in [2.05, 4.69) is 5.32 Å². The minimum Gasteiger partial charge on any atom is -0.497 e. The number of hydrogen-bond acceptors (Lipinski definition) is 4. The Balaban J connectivity index is 1.77. The van der Waals surface area contributed by atoms with Crippen LogP contribution in [-0.4, -0.2) is 43.0 Å². The molecular weight excluding hydrogens is 294 g/mol. The fraction of sp³-hybridized carbons (Fsp3) is 0.529. The molecule has 3 N–H and O–H groups in total. The Morgan fingerprint density at radius 1 is 1.30 bits per heavy atom. The minimum absolute atomic E-state index is 0.0367. The van der Waals surface area contributed by atoms with Gasteiger partial charge in [-0.05, 0) is 37.5 Å². The molecule has 0 bridgehead atoms. The van der Waals surface area contributed by atoms with Crippen LogP contribution in [0.4, 0.5) is 0 Å². The molecule has 0 radical (unpaired) electrons. The number of nitrogens with two attached hydrogens (primary N) is 1. The van der Waals surface area contributed by atoms with Crippen molar-refractivity contribution in [2.75, 3.05) is 20.2 Å².